The Kier molecular flexibility index (Phi) is 4.32. The first-order valence-corrected chi connectivity index (χ1v) is 7.27. The van der Waals surface area contributed by atoms with Crippen LogP contribution < -0.4 is 10.6 Å². The van der Waals surface area contributed by atoms with E-state index in [4.69, 9.17) is 5.11 Å². The number of hydrogen-bond acceptors (Lipinski definition) is 2. The van der Waals surface area contributed by atoms with Gasteiger partial charge in [0, 0.05) is 13.1 Å². The van der Waals surface area contributed by atoms with Gasteiger partial charge in [0.2, 0.25) is 0 Å². The molecule has 0 spiro atoms. The Morgan fingerprint density at radius 1 is 1.16 bits per heavy atom. The maximum Gasteiger partial charge on any atom is 0.314 e. The van der Waals surface area contributed by atoms with E-state index in [1.54, 1.807) is 0 Å². The van der Waals surface area contributed by atoms with Gasteiger partial charge >= 0.3 is 12.0 Å². The number of amides is 2. The summed E-state index contributed by atoms with van der Waals surface area (Å²) in [5.74, 6) is 0.598. The molecule has 2 saturated carbocycles. The zero-order chi connectivity index (χ0) is 13.9. The summed E-state index contributed by atoms with van der Waals surface area (Å²) in [6.45, 7) is 3.23. The lowest BCUT2D eigenvalue weighted by Crippen LogP contribution is -2.42. The zero-order valence-corrected chi connectivity index (χ0v) is 11.6. The molecule has 5 nitrogen and oxygen atoms in total. The Bertz CT molecular complexity index is 345. The number of carbonyl (C=O) groups is 2. The Hall–Kier alpha value is -1.26. The number of carbonyl (C=O) groups excluding carboxylic acids is 1. The number of hydrogen-bond donors (Lipinski definition) is 3. The minimum Gasteiger partial charge on any atom is -0.481 e. The second kappa shape index (κ2) is 5.80. The average Bonchev–Trinajstić information content (AvgIpc) is 3.17. The predicted octanol–water partition coefficient (Wildman–Crippen LogP) is 1.98. The van der Waals surface area contributed by atoms with Crippen LogP contribution in [-0.4, -0.2) is 30.2 Å². The molecule has 0 heterocycles. The summed E-state index contributed by atoms with van der Waals surface area (Å²) in [5.41, 5.74) is -0.683. The fourth-order valence-electron chi connectivity index (χ4n) is 2.70. The topological polar surface area (TPSA) is 78.4 Å². The summed E-state index contributed by atoms with van der Waals surface area (Å²) in [6, 6.07) is -0.230. The van der Waals surface area contributed by atoms with Crippen LogP contribution in [0.4, 0.5) is 4.79 Å². The van der Waals surface area contributed by atoms with Crippen molar-refractivity contribution >= 4 is 12.0 Å². The van der Waals surface area contributed by atoms with E-state index in [9.17, 15) is 9.59 Å². The summed E-state index contributed by atoms with van der Waals surface area (Å²) >= 11 is 0. The van der Waals surface area contributed by atoms with Gasteiger partial charge in [-0.3, -0.25) is 4.79 Å². The molecule has 0 unspecified atom stereocenters. The monoisotopic (exact) mass is 268 g/mol. The van der Waals surface area contributed by atoms with Crippen LogP contribution in [0.25, 0.3) is 0 Å². The highest BCUT2D eigenvalue weighted by Crippen LogP contribution is 2.45. The van der Waals surface area contributed by atoms with Crippen molar-refractivity contribution in [2.24, 2.45) is 17.3 Å². The fourth-order valence-corrected chi connectivity index (χ4v) is 2.70. The molecule has 3 N–H and O–H groups in total. The van der Waals surface area contributed by atoms with E-state index in [1.807, 2.05) is 0 Å². The molecule has 0 saturated heterocycles. The van der Waals surface area contributed by atoms with Crippen molar-refractivity contribution in [3.63, 3.8) is 0 Å². The summed E-state index contributed by atoms with van der Waals surface area (Å²) in [5, 5.41) is 14.6. The third-order valence-corrected chi connectivity index (χ3v) is 4.58. The van der Waals surface area contributed by atoms with Crippen molar-refractivity contribution in [2.45, 2.75) is 45.4 Å². The van der Waals surface area contributed by atoms with Gasteiger partial charge in [-0.05, 0) is 37.5 Å². The zero-order valence-electron chi connectivity index (χ0n) is 11.6. The lowest BCUT2D eigenvalue weighted by molar-refractivity contribution is -0.143. The van der Waals surface area contributed by atoms with Crippen LogP contribution in [0.15, 0.2) is 0 Å². The van der Waals surface area contributed by atoms with Crippen LogP contribution in [0.2, 0.25) is 0 Å². The highest BCUT2D eigenvalue weighted by Gasteiger charge is 2.50. The molecule has 2 aliphatic rings. The summed E-state index contributed by atoms with van der Waals surface area (Å²) in [7, 11) is 0. The van der Waals surface area contributed by atoms with Crippen molar-refractivity contribution in [1.82, 2.24) is 10.6 Å². The van der Waals surface area contributed by atoms with Gasteiger partial charge in [0.1, 0.15) is 0 Å². The van der Waals surface area contributed by atoms with Crippen LogP contribution in [0.1, 0.15) is 45.4 Å². The average molecular weight is 268 g/mol. The molecule has 0 aromatic heterocycles. The van der Waals surface area contributed by atoms with E-state index in [-0.39, 0.29) is 12.6 Å². The van der Waals surface area contributed by atoms with Crippen LogP contribution in [0, 0.1) is 17.3 Å². The van der Waals surface area contributed by atoms with E-state index in [2.05, 4.69) is 17.6 Å². The molecule has 0 aromatic rings. The van der Waals surface area contributed by atoms with Gasteiger partial charge in [-0.25, -0.2) is 4.79 Å². The normalized spacial score (nSPS) is 28.5. The molecule has 19 heavy (non-hydrogen) atoms. The third-order valence-electron chi connectivity index (χ3n) is 4.58. The van der Waals surface area contributed by atoms with Gasteiger partial charge in [-0.2, -0.15) is 0 Å². The summed E-state index contributed by atoms with van der Waals surface area (Å²) in [4.78, 5) is 22.6. The predicted molar refractivity (Wildman–Crippen MR) is 71.8 cm³/mol. The van der Waals surface area contributed by atoms with Crippen molar-refractivity contribution < 1.29 is 14.7 Å². The smallest absolute Gasteiger partial charge is 0.314 e. The molecule has 0 aromatic carbocycles. The number of carboxylic acid groups (broad SMARTS) is 1. The summed E-state index contributed by atoms with van der Waals surface area (Å²) in [6.07, 6.45) is 6.19. The third kappa shape index (κ3) is 3.85. The van der Waals surface area contributed by atoms with Gasteiger partial charge in [0.15, 0.2) is 0 Å². The molecule has 0 atom stereocenters. The first kappa shape index (κ1) is 14.2. The highest BCUT2D eigenvalue weighted by molar-refractivity contribution is 5.80. The van der Waals surface area contributed by atoms with Crippen LogP contribution >= 0.6 is 0 Å². The van der Waals surface area contributed by atoms with E-state index >= 15 is 0 Å². The number of urea groups is 1. The molecule has 2 fully saturated rings. The molecule has 2 amide bonds. The maximum atomic E-state index is 11.6. The van der Waals surface area contributed by atoms with Crippen LogP contribution in [-0.2, 0) is 4.79 Å². The van der Waals surface area contributed by atoms with Crippen molar-refractivity contribution in [1.29, 1.82) is 0 Å². The van der Waals surface area contributed by atoms with E-state index < -0.39 is 11.4 Å². The van der Waals surface area contributed by atoms with Crippen LogP contribution in [0.3, 0.4) is 0 Å². The van der Waals surface area contributed by atoms with E-state index in [0.29, 0.717) is 25.3 Å². The molecular formula is C14H24N2O3. The van der Waals surface area contributed by atoms with Crippen molar-refractivity contribution in [3.8, 4) is 0 Å². The van der Waals surface area contributed by atoms with Gasteiger partial charge in [0.05, 0.1) is 5.41 Å². The van der Waals surface area contributed by atoms with Crippen LogP contribution in [0.5, 0.6) is 0 Å². The van der Waals surface area contributed by atoms with Crippen molar-refractivity contribution in [2.75, 3.05) is 13.1 Å². The number of carboxylic acids is 1. The summed E-state index contributed by atoms with van der Waals surface area (Å²) < 4.78 is 0. The highest BCUT2D eigenvalue weighted by atomic mass is 16.4. The lowest BCUT2D eigenvalue weighted by atomic mass is 9.83. The quantitative estimate of drug-likeness (QED) is 0.713. The Balaban J connectivity index is 1.61. The van der Waals surface area contributed by atoms with Crippen molar-refractivity contribution in [3.05, 3.63) is 0 Å². The van der Waals surface area contributed by atoms with E-state index in [0.717, 1.165) is 5.92 Å². The lowest BCUT2D eigenvalue weighted by Gasteiger charge is -2.26. The largest absolute Gasteiger partial charge is 0.481 e. The molecular weight excluding hydrogens is 244 g/mol. The standard InChI is InChI=1S/C14H24N2O3/c1-10-2-4-11(5-3-10)8-15-13(19)16-9-14(6-7-14)12(17)18/h10-11H,2-9H2,1H3,(H,17,18)(H2,15,16,19). The van der Waals surface area contributed by atoms with E-state index in [1.165, 1.54) is 25.7 Å². The molecule has 108 valence electrons. The number of rotatable bonds is 5. The Labute approximate surface area is 114 Å². The second-order valence-electron chi connectivity index (χ2n) is 6.27. The molecule has 2 aliphatic carbocycles. The van der Waals surface area contributed by atoms with Gasteiger partial charge < -0.3 is 15.7 Å². The van der Waals surface area contributed by atoms with Gasteiger partial charge in [-0.1, -0.05) is 19.8 Å². The minimum atomic E-state index is -0.797. The second-order valence-corrected chi connectivity index (χ2v) is 6.27. The number of nitrogens with one attached hydrogen (secondary N) is 2. The maximum absolute atomic E-state index is 11.6. The first-order chi connectivity index (χ1) is 9.02. The molecule has 5 heteroatoms. The molecule has 0 aliphatic heterocycles. The molecule has 0 radical (unpaired) electrons. The minimum absolute atomic E-state index is 0.230. The van der Waals surface area contributed by atoms with Gasteiger partial charge in [-0.15, -0.1) is 0 Å². The van der Waals surface area contributed by atoms with Gasteiger partial charge in [0.25, 0.3) is 0 Å². The molecule has 2 rings (SSSR count). The first-order valence-electron chi connectivity index (χ1n) is 7.27. The molecule has 0 bridgehead atoms. The fraction of sp³-hybridized carbons (Fsp3) is 0.857. The Morgan fingerprint density at radius 3 is 2.32 bits per heavy atom. The number of aliphatic carboxylic acids is 1. The SMILES string of the molecule is CC1CCC(CNC(=O)NCC2(C(=O)O)CC2)CC1. The Morgan fingerprint density at radius 2 is 1.79 bits per heavy atom.